The van der Waals surface area contributed by atoms with Crippen molar-refractivity contribution in [3.63, 3.8) is 0 Å². The van der Waals surface area contributed by atoms with E-state index in [1.807, 2.05) is 19.1 Å². The zero-order valence-electron chi connectivity index (χ0n) is 15.5. The molecule has 0 saturated heterocycles. The van der Waals surface area contributed by atoms with Crippen LogP contribution in [0.25, 0.3) is 0 Å². The summed E-state index contributed by atoms with van der Waals surface area (Å²) in [5.74, 6) is 1.16. The fourth-order valence-electron chi connectivity index (χ4n) is 2.07. The molecule has 0 aliphatic heterocycles. The number of carbonyl (C=O) groups is 1. The molecule has 0 aliphatic rings. The third-order valence-electron chi connectivity index (χ3n) is 3.29. The number of allylic oxidation sites excluding steroid dienone is 1. The van der Waals surface area contributed by atoms with E-state index in [1.165, 1.54) is 12.3 Å². The number of nitrogens with zero attached hydrogens (tertiary/aromatic N) is 2. The number of amides is 1. The standard InChI is InChI=1S/C19H23ClN4O3/c1-4-5-18(23-19(25)17-8-9-22-27-17)24-21-11-14-10-15(20)6-7-16(14)26-12-13(2)3/h4-10,13,21H,11-12H2,1-3H3,(H,23,24,25)/b5-4+. The topological polar surface area (TPSA) is 88.8 Å². The van der Waals surface area contributed by atoms with Crippen LogP contribution in [0.1, 0.15) is 36.9 Å². The van der Waals surface area contributed by atoms with E-state index >= 15 is 0 Å². The Hall–Kier alpha value is -2.80. The minimum Gasteiger partial charge on any atom is -0.493 e. The molecule has 8 heteroatoms. The monoisotopic (exact) mass is 390 g/mol. The number of rotatable bonds is 8. The summed E-state index contributed by atoms with van der Waals surface area (Å²) in [6, 6.07) is 6.92. The van der Waals surface area contributed by atoms with Gasteiger partial charge in [0.15, 0.2) is 5.84 Å². The van der Waals surface area contributed by atoms with Gasteiger partial charge in [-0.15, -0.1) is 0 Å². The first-order valence-corrected chi connectivity index (χ1v) is 8.94. The molecule has 0 unspecified atom stereocenters. The lowest BCUT2D eigenvalue weighted by Crippen LogP contribution is -2.30. The van der Waals surface area contributed by atoms with E-state index in [0.29, 0.717) is 29.9 Å². The van der Waals surface area contributed by atoms with Crippen LogP contribution < -0.4 is 15.5 Å². The molecule has 0 atom stereocenters. The summed E-state index contributed by atoms with van der Waals surface area (Å²) in [7, 11) is 0. The SMILES string of the molecule is C/C=C/C(=N\NCc1cc(Cl)ccc1OCC(C)C)NC(=O)c1ccno1. The lowest BCUT2D eigenvalue weighted by Gasteiger charge is -2.13. The molecule has 1 amide bonds. The Bertz CT molecular complexity index is 801. The molecular weight excluding hydrogens is 368 g/mol. The van der Waals surface area contributed by atoms with Gasteiger partial charge in [0.1, 0.15) is 5.75 Å². The molecule has 27 heavy (non-hydrogen) atoms. The predicted molar refractivity (Wildman–Crippen MR) is 105 cm³/mol. The van der Waals surface area contributed by atoms with E-state index in [0.717, 1.165) is 11.3 Å². The van der Waals surface area contributed by atoms with Crippen molar-refractivity contribution in [2.24, 2.45) is 11.0 Å². The van der Waals surface area contributed by atoms with E-state index in [4.69, 9.17) is 20.9 Å². The largest absolute Gasteiger partial charge is 0.493 e. The van der Waals surface area contributed by atoms with Gasteiger partial charge in [-0.1, -0.05) is 36.7 Å². The number of hydrazone groups is 1. The van der Waals surface area contributed by atoms with Crippen LogP contribution in [0, 0.1) is 5.92 Å². The van der Waals surface area contributed by atoms with E-state index in [-0.39, 0.29) is 5.76 Å². The molecule has 7 nitrogen and oxygen atoms in total. The number of carbonyl (C=O) groups excluding carboxylic acids is 1. The van der Waals surface area contributed by atoms with Gasteiger partial charge in [0.25, 0.3) is 5.91 Å². The third kappa shape index (κ3) is 6.79. The molecule has 0 fully saturated rings. The molecule has 0 spiro atoms. The number of nitrogens with one attached hydrogen (secondary N) is 2. The summed E-state index contributed by atoms with van der Waals surface area (Å²) >= 11 is 6.09. The Kier molecular flexibility index (Phi) is 7.88. The fourth-order valence-corrected chi connectivity index (χ4v) is 2.26. The fraction of sp³-hybridized carbons (Fsp3) is 0.316. The molecule has 0 radical (unpaired) electrons. The highest BCUT2D eigenvalue weighted by atomic mass is 35.5. The van der Waals surface area contributed by atoms with Gasteiger partial charge in [0.05, 0.1) is 19.3 Å². The average molecular weight is 391 g/mol. The number of ether oxygens (including phenoxy) is 1. The molecule has 2 aromatic rings. The lowest BCUT2D eigenvalue weighted by atomic mass is 10.2. The highest BCUT2D eigenvalue weighted by molar-refractivity contribution is 6.30. The van der Waals surface area contributed by atoms with Gasteiger partial charge >= 0.3 is 0 Å². The summed E-state index contributed by atoms with van der Waals surface area (Å²) in [6.45, 7) is 6.98. The summed E-state index contributed by atoms with van der Waals surface area (Å²) in [5.41, 5.74) is 3.80. The Balaban J connectivity index is 2.04. The molecule has 1 heterocycles. The molecular formula is C19H23ClN4O3. The number of benzene rings is 1. The Morgan fingerprint density at radius 1 is 1.41 bits per heavy atom. The number of amidine groups is 1. The lowest BCUT2D eigenvalue weighted by molar-refractivity contribution is 0.0941. The average Bonchev–Trinajstić information content (AvgIpc) is 3.16. The van der Waals surface area contributed by atoms with Crippen LogP contribution in [0.15, 0.2) is 52.2 Å². The van der Waals surface area contributed by atoms with Crippen LogP contribution in [0.2, 0.25) is 5.02 Å². The van der Waals surface area contributed by atoms with Gasteiger partial charge < -0.3 is 20.0 Å². The smallest absolute Gasteiger partial charge is 0.295 e. The van der Waals surface area contributed by atoms with Crippen molar-refractivity contribution in [1.29, 1.82) is 0 Å². The second-order valence-corrected chi connectivity index (χ2v) is 6.56. The van der Waals surface area contributed by atoms with Crippen LogP contribution in [-0.4, -0.2) is 23.5 Å². The van der Waals surface area contributed by atoms with Crippen molar-refractivity contribution >= 4 is 23.3 Å². The first-order valence-electron chi connectivity index (χ1n) is 8.56. The van der Waals surface area contributed by atoms with Crippen LogP contribution in [0.5, 0.6) is 5.75 Å². The van der Waals surface area contributed by atoms with Crippen molar-refractivity contribution in [3.8, 4) is 5.75 Å². The number of halogens is 1. The van der Waals surface area contributed by atoms with Crippen molar-refractivity contribution in [2.45, 2.75) is 27.3 Å². The normalized spacial score (nSPS) is 11.8. The molecule has 1 aromatic heterocycles. The van der Waals surface area contributed by atoms with E-state index in [1.54, 1.807) is 18.2 Å². The first kappa shape index (κ1) is 20.5. The maximum absolute atomic E-state index is 12.0. The Morgan fingerprint density at radius 3 is 2.89 bits per heavy atom. The zero-order valence-corrected chi connectivity index (χ0v) is 16.3. The van der Waals surface area contributed by atoms with Gasteiger partial charge in [-0.2, -0.15) is 5.10 Å². The third-order valence-corrected chi connectivity index (χ3v) is 3.53. The van der Waals surface area contributed by atoms with E-state index < -0.39 is 5.91 Å². The van der Waals surface area contributed by atoms with Crippen molar-refractivity contribution in [1.82, 2.24) is 15.9 Å². The van der Waals surface area contributed by atoms with Crippen LogP contribution in [-0.2, 0) is 6.54 Å². The van der Waals surface area contributed by atoms with Gasteiger partial charge in [-0.25, -0.2) is 0 Å². The van der Waals surface area contributed by atoms with Gasteiger partial charge in [-0.05, 0) is 37.1 Å². The van der Waals surface area contributed by atoms with Crippen LogP contribution in [0.4, 0.5) is 0 Å². The predicted octanol–water partition coefficient (Wildman–Crippen LogP) is 3.77. The van der Waals surface area contributed by atoms with Crippen LogP contribution >= 0.6 is 11.6 Å². The number of hydrogen-bond donors (Lipinski definition) is 2. The summed E-state index contributed by atoms with van der Waals surface area (Å²) < 4.78 is 10.7. The Morgan fingerprint density at radius 2 is 2.22 bits per heavy atom. The highest BCUT2D eigenvalue weighted by Crippen LogP contribution is 2.23. The second-order valence-electron chi connectivity index (χ2n) is 6.12. The molecule has 1 aromatic carbocycles. The van der Waals surface area contributed by atoms with Crippen LogP contribution in [0.3, 0.4) is 0 Å². The summed E-state index contributed by atoms with van der Waals surface area (Å²) in [6.07, 6.45) is 4.82. The van der Waals surface area contributed by atoms with E-state index in [9.17, 15) is 4.79 Å². The summed E-state index contributed by atoms with van der Waals surface area (Å²) in [5, 5.41) is 11.0. The molecule has 2 rings (SSSR count). The van der Waals surface area contributed by atoms with Gasteiger partial charge in [-0.3, -0.25) is 4.79 Å². The minimum atomic E-state index is -0.435. The van der Waals surface area contributed by atoms with Crippen molar-refractivity contribution in [3.05, 3.63) is 59.0 Å². The number of hydrogen-bond acceptors (Lipinski definition) is 6. The quantitative estimate of drug-likeness (QED) is 0.407. The molecule has 0 aliphatic carbocycles. The number of aromatic nitrogens is 1. The maximum atomic E-state index is 12.0. The van der Waals surface area contributed by atoms with Gasteiger partial charge in [0.2, 0.25) is 5.76 Å². The maximum Gasteiger partial charge on any atom is 0.295 e. The molecule has 2 N–H and O–H groups in total. The van der Waals surface area contributed by atoms with Crippen molar-refractivity contribution in [2.75, 3.05) is 6.61 Å². The summed E-state index contributed by atoms with van der Waals surface area (Å²) in [4.78, 5) is 12.0. The minimum absolute atomic E-state index is 0.103. The van der Waals surface area contributed by atoms with E-state index in [2.05, 4.69) is 34.8 Å². The molecule has 144 valence electrons. The highest BCUT2D eigenvalue weighted by Gasteiger charge is 2.11. The van der Waals surface area contributed by atoms with Crippen molar-refractivity contribution < 1.29 is 14.1 Å². The van der Waals surface area contributed by atoms with Gasteiger partial charge in [0, 0.05) is 16.7 Å². The molecule has 0 bridgehead atoms. The first-order chi connectivity index (χ1) is 13.0. The Labute approximate surface area is 163 Å². The second kappa shape index (κ2) is 10.4. The molecule has 0 saturated carbocycles. The zero-order chi connectivity index (χ0) is 19.6.